The molecular formula is C12H20N4O. The summed E-state index contributed by atoms with van der Waals surface area (Å²) in [5.74, 6) is 0. The van der Waals surface area contributed by atoms with Crippen LogP contribution in [0.2, 0.25) is 0 Å². The molecule has 0 aromatic rings. The van der Waals surface area contributed by atoms with Crippen LogP contribution >= 0.6 is 0 Å². The second-order valence-corrected chi connectivity index (χ2v) is 3.62. The average molecular weight is 236 g/mol. The molecule has 0 aliphatic rings. The number of rotatable bonds is 8. The van der Waals surface area contributed by atoms with E-state index < -0.39 is 0 Å². The molecule has 0 saturated heterocycles. The molecule has 0 atom stereocenters. The van der Waals surface area contributed by atoms with Crippen LogP contribution in [-0.2, 0) is 4.79 Å². The van der Waals surface area contributed by atoms with Crippen molar-refractivity contribution in [1.82, 2.24) is 9.80 Å². The van der Waals surface area contributed by atoms with Crippen LogP contribution in [0.15, 0.2) is 24.0 Å². The molecule has 0 aromatic heterocycles. The summed E-state index contributed by atoms with van der Waals surface area (Å²) in [4.78, 5) is 14.3. The van der Waals surface area contributed by atoms with Gasteiger partial charge in [-0.1, -0.05) is 6.92 Å². The van der Waals surface area contributed by atoms with Crippen molar-refractivity contribution in [3.63, 3.8) is 0 Å². The molecule has 0 bridgehead atoms. The summed E-state index contributed by atoms with van der Waals surface area (Å²) in [5.41, 5.74) is 6.15. The fourth-order valence-corrected chi connectivity index (χ4v) is 1.17. The highest BCUT2D eigenvalue weighted by Gasteiger charge is 2.03. The SMILES string of the molecule is CCN(CC#N)CCN(C=O)/C=C/C=C(/C)N. The van der Waals surface area contributed by atoms with Crippen LogP contribution in [0.5, 0.6) is 0 Å². The summed E-state index contributed by atoms with van der Waals surface area (Å²) in [6.45, 7) is 6.19. The van der Waals surface area contributed by atoms with E-state index in [0.29, 0.717) is 25.3 Å². The molecular weight excluding hydrogens is 216 g/mol. The first-order chi connectivity index (χ1) is 8.13. The lowest BCUT2D eigenvalue weighted by Crippen LogP contribution is -2.32. The highest BCUT2D eigenvalue weighted by molar-refractivity contribution is 5.49. The van der Waals surface area contributed by atoms with Crippen LogP contribution < -0.4 is 5.73 Å². The molecule has 2 N–H and O–H groups in total. The van der Waals surface area contributed by atoms with E-state index in [1.807, 2.05) is 11.8 Å². The molecule has 0 radical (unpaired) electrons. The van der Waals surface area contributed by atoms with Crippen molar-refractivity contribution >= 4 is 6.41 Å². The lowest BCUT2D eigenvalue weighted by atomic mass is 10.4. The standard InChI is InChI=1S/C12H20N4O/c1-3-15(8-6-13)9-10-16(11-17)7-4-5-12(2)14/h4-5,7,11H,3,8-10,14H2,1-2H3/b7-4+,12-5-. The summed E-state index contributed by atoms with van der Waals surface area (Å²) in [6.07, 6.45) is 5.88. The second-order valence-electron chi connectivity index (χ2n) is 3.62. The van der Waals surface area contributed by atoms with E-state index in [4.69, 9.17) is 11.0 Å². The Kier molecular flexibility index (Phi) is 8.43. The predicted molar refractivity (Wildman–Crippen MR) is 67.6 cm³/mol. The molecule has 0 aromatic carbocycles. The average Bonchev–Trinajstić information content (AvgIpc) is 2.31. The van der Waals surface area contributed by atoms with Crippen molar-refractivity contribution in [3.05, 3.63) is 24.0 Å². The lowest BCUT2D eigenvalue weighted by molar-refractivity contribution is -0.116. The topological polar surface area (TPSA) is 73.4 Å². The molecule has 17 heavy (non-hydrogen) atoms. The summed E-state index contributed by atoms with van der Waals surface area (Å²) < 4.78 is 0. The Morgan fingerprint density at radius 3 is 2.65 bits per heavy atom. The Morgan fingerprint density at radius 1 is 1.47 bits per heavy atom. The lowest BCUT2D eigenvalue weighted by Gasteiger charge is -2.19. The number of hydrogen-bond donors (Lipinski definition) is 1. The van der Waals surface area contributed by atoms with E-state index in [-0.39, 0.29) is 0 Å². The van der Waals surface area contributed by atoms with Crippen molar-refractivity contribution < 1.29 is 4.79 Å². The highest BCUT2D eigenvalue weighted by Crippen LogP contribution is 1.92. The van der Waals surface area contributed by atoms with E-state index in [0.717, 1.165) is 13.0 Å². The van der Waals surface area contributed by atoms with Crippen LogP contribution in [0.4, 0.5) is 0 Å². The number of nitrogens with two attached hydrogens (primary N) is 1. The number of hydrogen-bond acceptors (Lipinski definition) is 4. The molecule has 0 aliphatic heterocycles. The van der Waals surface area contributed by atoms with Crippen molar-refractivity contribution in [2.24, 2.45) is 5.73 Å². The third kappa shape index (κ3) is 8.05. The van der Waals surface area contributed by atoms with E-state index in [2.05, 4.69) is 6.07 Å². The van der Waals surface area contributed by atoms with Crippen molar-refractivity contribution in [3.8, 4) is 6.07 Å². The van der Waals surface area contributed by atoms with Crippen molar-refractivity contribution in [1.29, 1.82) is 5.26 Å². The molecule has 0 aliphatic carbocycles. The van der Waals surface area contributed by atoms with E-state index in [1.165, 1.54) is 4.90 Å². The maximum atomic E-state index is 10.8. The minimum Gasteiger partial charge on any atom is -0.402 e. The summed E-state index contributed by atoms with van der Waals surface area (Å²) in [6, 6.07) is 2.09. The van der Waals surface area contributed by atoms with E-state index in [9.17, 15) is 4.79 Å². The van der Waals surface area contributed by atoms with Crippen LogP contribution in [0.1, 0.15) is 13.8 Å². The summed E-state index contributed by atoms with van der Waals surface area (Å²) in [5, 5.41) is 8.58. The third-order valence-corrected chi connectivity index (χ3v) is 2.19. The van der Waals surface area contributed by atoms with Crippen LogP contribution in [0, 0.1) is 11.3 Å². The number of nitrogens with zero attached hydrogens (tertiary/aromatic N) is 3. The molecule has 1 amide bonds. The molecule has 0 fully saturated rings. The Morgan fingerprint density at radius 2 is 2.18 bits per heavy atom. The van der Waals surface area contributed by atoms with Gasteiger partial charge in [0, 0.05) is 25.0 Å². The Hall–Kier alpha value is -1.80. The molecule has 5 heteroatoms. The first-order valence-electron chi connectivity index (χ1n) is 5.55. The third-order valence-electron chi connectivity index (χ3n) is 2.19. The van der Waals surface area contributed by atoms with Crippen LogP contribution in [0.3, 0.4) is 0 Å². The minimum absolute atomic E-state index is 0.384. The van der Waals surface area contributed by atoms with Gasteiger partial charge in [0.05, 0.1) is 12.6 Å². The van der Waals surface area contributed by atoms with Gasteiger partial charge < -0.3 is 10.6 Å². The zero-order valence-corrected chi connectivity index (χ0v) is 10.5. The largest absolute Gasteiger partial charge is 0.402 e. The zero-order chi connectivity index (χ0) is 13.1. The van der Waals surface area contributed by atoms with Crippen molar-refractivity contribution in [2.45, 2.75) is 13.8 Å². The van der Waals surface area contributed by atoms with E-state index >= 15 is 0 Å². The van der Waals surface area contributed by atoms with Crippen LogP contribution in [-0.4, -0.2) is 42.4 Å². The molecule has 0 heterocycles. The van der Waals surface area contributed by atoms with Gasteiger partial charge in [-0.3, -0.25) is 9.69 Å². The second kappa shape index (κ2) is 9.43. The van der Waals surface area contributed by atoms with Crippen LogP contribution in [0.25, 0.3) is 0 Å². The number of carbonyl (C=O) groups excluding carboxylic acids is 1. The van der Waals surface area contributed by atoms with Gasteiger partial charge in [-0.2, -0.15) is 5.26 Å². The first kappa shape index (κ1) is 15.2. The van der Waals surface area contributed by atoms with Gasteiger partial charge in [0.15, 0.2) is 0 Å². The maximum absolute atomic E-state index is 10.8. The number of allylic oxidation sites excluding steroid dienone is 3. The molecule has 0 saturated carbocycles. The molecule has 0 unspecified atom stereocenters. The van der Waals surface area contributed by atoms with Gasteiger partial charge >= 0.3 is 0 Å². The Balaban J connectivity index is 4.14. The number of likely N-dealkylation sites (N-methyl/N-ethyl adjacent to an activating group) is 1. The Labute approximate surface area is 103 Å². The zero-order valence-electron chi connectivity index (χ0n) is 10.5. The summed E-state index contributed by atoms with van der Waals surface area (Å²) >= 11 is 0. The predicted octanol–water partition coefficient (Wildman–Crippen LogP) is 0.666. The Bertz CT molecular complexity index is 313. The number of amides is 1. The van der Waals surface area contributed by atoms with Gasteiger partial charge in [0.1, 0.15) is 0 Å². The van der Waals surface area contributed by atoms with Gasteiger partial charge in [-0.15, -0.1) is 0 Å². The van der Waals surface area contributed by atoms with Gasteiger partial charge in [-0.25, -0.2) is 0 Å². The number of carbonyl (C=O) groups is 1. The first-order valence-corrected chi connectivity index (χ1v) is 5.55. The minimum atomic E-state index is 0.384. The normalized spacial score (nSPS) is 11.8. The summed E-state index contributed by atoms with van der Waals surface area (Å²) in [7, 11) is 0. The monoisotopic (exact) mass is 236 g/mol. The van der Waals surface area contributed by atoms with E-state index in [1.54, 1.807) is 25.3 Å². The maximum Gasteiger partial charge on any atom is 0.213 e. The molecule has 0 spiro atoms. The molecule has 0 rings (SSSR count). The molecule has 94 valence electrons. The smallest absolute Gasteiger partial charge is 0.213 e. The van der Waals surface area contributed by atoms with Gasteiger partial charge in [0.2, 0.25) is 6.41 Å². The molecule has 5 nitrogen and oxygen atoms in total. The quantitative estimate of drug-likeness (QED) is 0.382. The number of nitriles is 1. The van der Waals surface area contributed by atoms with Gasteiger partial charge in [0.25, 0.3) is 0 Å². The van der Waals surface area contributed by atoms with Crippen molar-refractivity contribution in [2.75, 3.05) is 26.2 Å². The van der Waals surface area contributed by atoms with Gasteiger partial charge in [-0.05, 0) is 25.6 Å². The highest BCUT2D eigenvalue weighted by atomic mass is 16.1. The fraction of sp³-hybridized carbons (Fsp3) is 0.500. The fourth-order valence-electron chi connectivity index (χ4n) is 1.17.